The second kappa shape index (κ2) is 7.12. The lowest BCUT2D eigenvalue weighted by Gasteiger charge is -2.07. The first-order valence-electron chi connectivity index (χ1n) is 8.91. The summed E-state index contributed by atoms with van der Waals surface area (Å²) < 4.78 is 5.84. The van der Waals surface area contributed by atoms with E-state index in [1.54, 1.807) is 48.5 Å². The van der Waals surface area contributed by atoms with E-state index >= 15 is 0 Å². The van der Waals surface area contributed by atoms with E-state index in [9.17, 15) is 9.59 Å². The molecule has 0 bridgehead atoms. The molecule has 0 spiro atoms. The molecule has 0 aliphatic rings. The fourth-order valence-corrected chi connectivity index (χ4v) is 3.22. The van der Waals surface area contributed by atoms with E-state index in [2.05, 4.69) is 10.3 Å². The van der Waals surface area contributed by atoms with Gasteiger partial charge in [-0.25, -0.2) is 4.98 Å². The van der Waals surface area contributed by atoms with Crippen molar-refractivity contribution in [1.29, 1.82) is 0 Å². The molecule has 4 aromatic rings. The standard InChI is InChI=1S/C23H18N2O3/c1-14-13-15(2)24-23-18(14)19(25-22(27)17-11-7-4-8-12-17)21(28-23)20(26)16-9-5-3-6-10-16/h3-13H,1-2H3,(H,25,27). The van der Waals surface area contributed by atoms with Crippen molar-refractivity contribution < 1.29 is 14.0 Å². The number of aryl methyl sites for hydroxylation is 2. The van der Waals surface area contributed by atoms with E-state index in [4.69, 9.17) is 4.42 Å². The summed E-state index contributed by atoms with van der Waals surface area (Å²) in [6, 6.07) is 19.6. The average Bonchev–Trinajstić information content (AvgIpc) is 3.07. The molecule has 1 amide bonds. The molecular formula is C23H18N2O3. The second-order valence-electron chi connectivity index (χ2n) is 6.58. The van der Waals surface area contributed by atoms with Gasteiger partial charge >= 0.3 is 0 Å². The Morgan fingerprint density at radius 2 is 1.50 bits per heavy atom. The number of pyridine rings is 1. The molecule has 0 aliphatic heterocycles. The van der Waals surface area contributed by atoms with Crippen molar-refractivity contribution >= 4 is 28.5 Å². The minimum Gasteiger partial charge on any atom is -0.432 e. The number of furan rings is 1. The Hall–Kier alpha value is -3.73. The number of rotatable bonds is 4. The van der Waals surface area contributed by atoms with Crippen molar-refractivity contribution in [2.75, 3.05) is 5.32 Å². The number of anilines is 1. The number of carbonyl (C=O) groups is 2. The van der Waals surface area contributed by atoms with E-state index in [1.165, 1.54) is 0 Å². The second-order valence-corrected chi connectivity index (χ2v) is 6.58. The Bertz CT molecular complexity index is 1180. The molecule has 2 aromatic heterocycles. The molecule has 4 rings (SSSR count). The summed E-state index contributed by atoms with van der Waals surface area (Å²) in [5, 5.41) is 3.50. The average molecular weight is 370 g/mol. The lowest BCUT2D eigenvalue weighted by atomic mass is 10.1. The van der Waals surface area contributed by atoms with Crippen molar-refractivity contribution in [3.8, 4) is 0 Å². The number of amides is 1. The van der Waals surface area contributed by atoms with Crippen molar-refractivity contribution in [1.82, 2.24) is 4.98 Å². The molecule has 2 aromatic carbocycles. The van der Waals surface area contributed by atoms with Gasteiger partial charge in [0.25, 0.3) is 5.91 Å². The molecule has 0 aliphatic carbocycles. The summed E-state index contributed by atoms with van der Waals surface area (Å²) in [6.45, 7) is 3.76. The molecule has 2 heterocycles. The van der Waals surface area contributed by atoms with Crippen LogP contribution in [-0.4, -0.2) is 16.7 Å². The Morgan fingerprint density at radius 1 is 0.893 bits per heavy atom. The first-order valence-corrected chi connectivity index (χ1v) is 8.91. The number of benzene rings is 2. The zero-order chi connectivity index (χ0) is 19.7. The lowest BCUT2D eigenvalue weighted by Crippen LogP contribution is -2.14. The summed E-state index contributed by atoms with van der Waals surface area (Å²) in [6.07, 6.45) is 0. The van der Waals surface area contributed by atoms with Crippen LogP contribution in [-0.2, 0) is 0 Å². The van der Waals surface area contributed by atoms with Gasteiger partial charge in [-0.2, -0.15) is 0 Å². The van der Waals surface area contributed by atoms with Crippen LogP contribution in [0, 0.1) is 13.8 Å². The molecule has 0 unspecified atom stereocenters. The number of nitrogens with one attached hydrogen (secondary N) is 1. The first kappa shape index (κ1) is 17.7. The Kier molecular flexibility index (Phi) is 4.49. The highest BCUT2D eigenvalue weighted by Crippen LogP contribution is 2.34. The van der Waals surface area contributed by atoms with Gasteiger partial charge in [0, 0.05) is 16.8 Å². The van der Waals surface area contributed by atoms with Crippen LogP contribution in [0.4, 0.5) is 5.69 Å². The Balaban J connectivity index is 1.87. The van der Waals surface area contributed by atoms with E-state index in [0.29, 0.717) is 27.9 Å². The maximum atomic E-state index is 13.1. The van der Waals surface area contributed by atoms with E-state index in [0.717, 1.165) is 11.3 Å². The van der Waals surface area contributed by atoms with Gasteiger partial charge in [-0.05, 0) is 37.6 Å². The molecule has 0 radical (unpaired) electrons. The van der Waals surface area contributed by atoms with Crippen LogP contribution in [0.2, 0.25) is 0 Å². The molecule has 0 atom stereocenters. The minimum atomic E-state index is -0.314. The Morgan fingerprint density at radius 3 is 2.14 bits per heavy atom. The molecule has 0 saturated carbocycles. The van der Waals surface area contributed by atoms with Crippen LogP contribution in [0.5, 0.6) is 0 Å². The normalized spacial score (nSPS) is 10.8. The predicted molar refractivity (Wildman–Crippen MR) is 108 cm³/mol. The van der Waals surface area contributed by atoms with Crippen LogP contribution >= 0.6 is 0 Å². The minimum absolute atomic E-state index is 0.0756. The fourth-order valence-electron chi connectivity index (χ4n) is 3.22. The van der Waals surface area contributed by atoms with Gasteiger partial charge in [0.15, 0.2) is 0 Å². The molecule has 0 saturated heterocycles. The largest absolute Gasteiger partial charge is 0.432 e. The zero-order valence-corrected chi connectivity index (χ0v) is 15.5. The van der Waals surface area contributed by atoms with Gasteiger partial charge < -0.3 is 9.73 Å². The van der Waals surface area contributed by atoms with Crippen LogP contribution in [0.25, 0.3) is 11.1 Å². The van der Waals surface area contributed by atoms with Gasteiger partial charge in [0.2, 0.25) is 17.3 Å². The van der Waals surface area contributed by atoms with Crippen LogP contribution in [0.15, 0.2) is 71.1 Å². The van der Waals surface area contributed by atoms with Gasteiger partial charge in [0.1, 0.15) is 5.69 Å². The highest BCUT2D eigenvalue weighted by molar-refractivity contribution is 6.19. The lowest BCUT2D eigenvalue weighted by molar-refractivity contribution is 0.101. The van der Waals surface area contributed by atoms with Crippen molar-refractivity contribution in [2.24, 2.45) is 0 Å². The topological polar surface area (TPSA) is 72.2 Å². The molecule has 5 nitrogen and oxygen atoms in total. The number of fused-ring (bicyclic) bond motifs is 1. The maximum absolute atomic E-state index is 13.1. The Labute approximate surface area is 162 Å². The summed E-state index contributed by atoms with van der Waals surface area (Å²) in [5.41, 5.74) is 3.31. The van der Waals surface area contributed by atoms with E-state index < -0.39 is 0 Å². The molecule has 1 N–H and O–H groups in total. The quantitative estimate of drug-likeness (QED) is 0.517. The number of carbonyl (C=O) groups excluding carboxylic acids is 2. The SMILES string of the molecule is Cc1cc(C)c2c(NC(=O)c3ccccc3)c(C(=O)c3ccccc3)oc2n1. The number of aromatic nitrogens is 1. The van der Waals surface area contributed by atoms with E-state index in [1.807, 2.05) is 32.0 Å². The molecule has 138 valence electrons. The van der Waals surface area contributed by atoms with Gasteiger partial charge in [-0.3, -0.25) is 9.59 Å². The van der Waals surface area contributed by atoms with Crippen molar-refractivity contribution in [3.05, 3.63) is 94.9 Å². The number of ketones is 1. The molecule has 5 heteroatoms. The number of nitrogens with zero attached hydrogens (tertiary/aromatic N) is 1. The third-order valence-corrected chi connectivity index (χ3v) is 4.50. The summed E-state index contributed by atoms with van der Waals surface area (Å²) >= 11 is 0. The monoisotopic (exact) mass is 370 g/mol. The zero-order valence-electron chi connectivity index (χ0n) is 15.5. The predicted octanol–water partition coefficient (Wildman–Crippen LogP) is 4.93. The van der Waals surface area contributed by atoms with Gasteiger partial charge in [-0.15, -0.1) is 0 Å². The maximum Gasteiger partial charge on any atom is 0.255 e. The fraction of sp³-hybridized carbons (Fsp3) is 0.0870. The molecular weight excluding hydrogens is 352 g/mol. The summed E-state index contributed by atoms with van der Waals surface area (Å²) in [5.74, 6) is -0.545. The molecule has 28 heavy (non-hydrogen) atoms. The first-order chi connectivity index (χ1) is 13.5. The van der Waals surface area contributed by atoms with E-state index in [-0.39, 0.29) is 17.5 Å². The van der Waals surface area contributed by atoms with Crippen LogP contribution < -0.4 is 5.32 Å². The number of hydrogen-bond donors (Lipinski definition) is 1. The third-order valence-electron chi connectivity index (χ3n) is 4.50. The highest BCUT2D eigenvalue weighted by Gasteiger charge is 2.25. The summed E-state index contributed by atoms with van der Waals surface area (Å²) in [7, 11) is 0. The van der Waals surface area contributed by atoms with Crippen LogP contribution in [0.3, 0.4) is 0 Å². The molecule has 0 fully saturated rings. The smallest absolute Gasteiger partial charge is 0.255 e. The van der Waals surface area contributed by atoms with Crippen molar-refractivity contribution in [2.45, 2.75) is 13.8 Å². The van der Waals surface area contributed by atoms with Crippen LogP contribution in [0.1, 0.15) is 37.7 Å². The number of hydrogen-bond acceptors (Lipinski definition) is 4. The highest BCUT2D eigenvalue weighted by atomic mass is 16.4. The summed E-state index contributed by atoms with van der Waals surface area (Å²) in [4.78, 5) is 30.2. The van der Waals surface area contributed by atoms with Gasteiger partial charge in [0.05, 0.1) is 5.39 Å². The van der Waals surface area contributed by atoms with Gasteiger partial charge in [-0.1, -0.05) is 48.5 Å². The van der Waals surface area contributed by atoms with Crippen molar-refractivity contribution in [3.63, 3.8) is 0 Å². The third kappa shape index (κ3) is 3.18.